The van der Waals surface area contributed by atoms with Gasteiger partial charge in [-0.15, -0.1) is 11.3 Å². The lowest BCUT2D eigenvalue weighted by atomic mass is 10.2. The Morgan fingerprint density at radius 2 is 2.16 bits per heavy atom. The molecule has 0 saturated heterocycles. The zero-order valence-electron chi connectivity index (χ0n) is 11.2. The van der Waals surface area contributed by atoms with Gasteiger partial charge in [0.05, 0.1) is 5.39 Å². The number of carboxylic acids is 1. The third-order valence-corrected chi connectivity index (χ3v) is 4.05. The van der Waals surface area contributed by atoms with E-state index in [9.17, 15) is 4.79 Å². The average molecular weight is 279 g/mol. The smallest absolute Gasteiger partial charge is 0.325 e. The van der Waals surface area contributed by atoms with Crippen molar-refractivity contribution in [3.63, 3.8) is 0 Å². The number of hydrogen-bond acceptors (Lipinski definition) is 5. The highest BCUT2D eigenvalue weighted by molar-refractivity contribution is 7.18. The lowest BCUT2D eigenvalue weighted by molar-refractivity contribution is -0.137. The Labute approximate surface area is 115 Å². The topological polar surface area (TPSA) is 75.1 Å². The Morgan fingerprint density at radius 1 is 1.42 bits per heavy atom. The second-order valence-electron chi connectivity index (χ2n) is 4.33. The van der Waals surface area contributed by atoms with Gasteiger partial charge in [0.25, 0.3) is 0 Å². The lowest BCUT2D eigenvalue weighted by Gasteiger charge is -2.11. The van der Waals surface area contributed by atoms with Crippen LogP contribution in [0.4, 0.5) is 5.82 Å². The number of carbonyl (C=O) groups is 1. The molecule has 0 radical (unpaired) electrons. The van der Waals surface area contributed by atoms with Crippen molar-refractivity contribution < 1.29 is 9.90 Å². The Balaban J connectivity index is 2.49. The fourth-order valence-electron chi connectivity index (χ4n) is 1.72. The van der Waals surface area contributed by atoms with Crippen LogP contribution in [0.25, 0.3) is 10.2 Å². The van der Waals surface area contributed by atoms with Gasteiger partial charge in [0, 0.05) is 11.3 Å². The summed E-state index contributed by atoms with van der Waals surface area (Å²) in [5, 5.41) is 12.9. The van der Waals surface area contributed by atoms with Crippen LogP contribution in [0.3, 0.4) is 0 Å². The number of anilines is 1. The van der Waals surface area contributed by atoms with E-state index in [1.807, 2.05) is 13.0 Å². The molecule has 0 spiro atoms. The third kappa shape index (κ3) is 2.84. The summed E-state index contributed by atoms with van der Waals surface area (Å²) in [5.74, 6) is 0.459. The van der Waals surface area contributed by atoms with Crippen molar-refractivity contribution in [2.24, 2.45) is 0 Å². The van der Waals surface area contributed by atoms with Gasteiger partial charge in [-0.05, 0) is 19.4 Å². The van der Waals surface area contributed by atoms with Gasteiger partial charge in [-0.25, -0.2) is 9.97 Å². The maximum absolute atomic E-state index is 11.0. The number of aliphatic carboxylic acids is 1. The first-order valence-electron chi connectivity index (χ1n) is 6.33. The number of nitrogens with one attached hydrogen (secondary N) is 1. The maximum atomic E-state index is 11.0. The van der Waals surface area contributed by atoms with Gasteiger partial charge >= 0.3 is 5.97 Å². The summed E-state index contributed by atoms with van der Waals surface area (Å²) in [5.41, 5.74) is 0. The Bertz CT molecular complexity index is 609. The standard InChI is InChI=1S/C13H17N3O2S/c1-4-8-6-9-11(14-7(3)13(17)18)15-10(5-2)16-12(9)19-8/h6-7H,4-5H2,1-3H3,(H,17,18)(H,14,15,16)/t7-/m1/s1. The number of hydrogen-bond donors (Lipinski definition) is 2. The fraction of sp³-hybridized carbons (Fsp3) is 0.462. The van der Waals surface area contributed by atoms with Gasteiger partial charge < -0.3 is 10.4 Å². The van der Waals surface area contributed by atoms with Crippen LogP contribution >= 0.6 is 11.3 Å². The summed E-state index contributed by atoms with van der Waals surface area (Å²) in [6.45, 7) is 5.68. The number of rotatable bonds is 5. The van der Waals surface area contributed by atoms with Gasteiger partial charge in [-0.1, -0.05) is 13.8 Å². The molecule has 0 aliphatic carbocycles. The minimum atomic E-state index is -0.893. The van der Waals surface area contributed by atoms with Crippen LogP contribution in [-0.4, -0.2) is 27.1 Å². The minimum absolute atomic E-state index is 0.618. The van der Waals surface area contributed by atoms with E-state index in [0.717, 1.165) is 28.9 Å². The molecule has 2 aromatic heterocycles. The summed E-state index contributed by atoms with van der Waals surface area (Å²) in [6, 6.07) is 1.36. The Hall–Kier alpha value is -1.69. The lowest BCUT2D eigenvalue weighted by Crippen LogP contribution is -2.26. The van der Waals surface area contributed by atoms with Crippen molar-refractivity contribution in [1.82, 2.24) is 9.97 Å². The molecule has 0 bridgehead atoms. The number of fused-ring (bicyclic) bond motifs is 1. The van der Waals surface area contributed by atoms with Crippen molar-refractivity contribution in [2.45, 2.75) is 39.7 Å². The van der Waals surface area contributed by atoms with Crippen LogP contribution in [0.5, 0.6) is 0 Å². The molecule has 0 aliphatic heterocycles. The highest BCUT2D eigenvalue weighted by Crippen LogP contribution is 2.29. The van der Waals surface area contributed by atoms with E-state index in [1.165, 1.54) is 4.88 Å². The first-order chi connectivity index (χ1) is 9.05. The predicted octanol–water partition coefficient (Wildman–Crippen LogP) is 2.70. The van der Waals surface area contributed by atoms with Crippen molar-refractivity contribution in [3.05, 3.63) is 16.8 Å². The van der Waals surface area contributed by atoms with Crippen LogP contribution < -0.4 is 5.32 Å². The molecule has 0 aromatic carbocycles. The molecular weight excluding hydrogens is 262 g/mol. The van der Waals surface area contributed by atoms with E-state index in [1.54, 1.807) is 18.3 Å². The third-order valence-electron chi connectivity index (χ3n) is 2.88. The second kappa shape index (κ2) is 5.52. The molecule has 2 aromatic rings. The quantitative estimate of drug-likeness (QED) is 0.880. The molecule has 0 amide bonds. The highest BCUT2D eigenvalue weighted by Gasteiger charge is 2.16. The molecule has 0 unspecified atom stereocenters. The van der Waals surface area contributed by atoms with Crippen molar-refractivity contribution >= 4 is 33.3 Å². The summed E-state index contributed by atoms with van der Waals surface area (Å²) in [6.07, 6.45) is 1.67. The van der Waals surface area contributed by atoms with Gasteiger partial charge in [0.2, 0.25) is 0 Å². The second-order valence-corrected chi connectivity index (χ2v) is 5.45. The van der Waals surface area contributed by atoms with Gasteiger partial charge in [-0.2, -0.15) is 0 Å². The Morgan fingerprint density at radius 3 is 2.74 bits per heavy atom. The SMILES string of the molecule is CCc1nc(N[C@H](C)C(=O)O)c2cc(CC)sc2n1. The fourth-order valence-corrected chi connectivity index (χ4v) is 2.71. The molecule has 0 aliphatic rings. The molecule has 6 heteroatoms. The summed E-state index contributed by atoms with van der Waals surface area (Å²) < 4.78 is 0. The molecule has 2 N–H and O–H groups in total. The van der Waals surface area contributed by atoms with E-state index in [0.29, 0.717) is 5.82 Å². The molecule has 2 heterocycles. The molecular formula is C13H17N3O2S. The number of aryl methyl sites for hydroxylation is 2. The first-order valence-corrected chi connectivity index (χ1v) is 7.15. The van der Waals surface area contributed by atoms with Crippen LogP contribution in [0.1, 0.15) is 31.5 Å². The zero-order chi connectivity index (χ0) is 14.0. The van der Waals surface area contributed by atoms with Crippen LogP contribution in [0.15, 0.2) is 6.07 Å². The first kappa shape index (κ1) is 13.7. The monoisotopic (exact) mass is 279 g/mol. The number of nitrogens with zero attached hydrogens (tertiary/aromatic N) is 2. The van der Waals surface area contributed by atoms with Gasteiger partial charge in [0.1, 0.15) is 22.5 Å². The maximum Gasteiger partial charge on any atom is 0.325 e. The largest absolute Gasteiger partial charge is 0.480 e. The molecule has 19 heavy (non-hydrogen) atoms. The van der Waals surface area contributed by atoms with Crippen LogP contribution in [0.2, 0.25) is 0 Å². The Kier molecular flexibility index (Phi) is 3.99. The average Bonchev–Trinajstić information content (AvgIpc) is 2.81. The van der Waals surface area contributed by atoms with Crippen molar-refractivity contribution in [1.29, 1.82) is 0 Å². The van der Waals surface area contributed by atoms with E-state index in [2.05, 4.69) is 22.2 Å². The number of aromatic nitrogens is 2. The van der Waals surface area contributed by atoms with Crippen molar-refractivity contribution in [3.8, 4) is 0 Å². The van der Waals surface area contributed by atoms with Crippen molar-refractivity contribution in [2.75, 3.05) is 5.32 Å². The molecule has 2 rings (SSSR count). The molecule has 0 saturated carbocycles. The molecule has 1 atom stereocenters. The summed E-state index contributed by atoms with van der Waals surface area (Å²) in [4.78, 5) is 22.0. The van der Waals surface area contributed by atoms with E-state index in [4.69, 9.17) is 5.11 Å². The van der Waals surface area contributed by atoms with E-state index >= 15 is 0 Å². The van der Waals surface area contributed by atoms with E-state index < -0.39 is 12.0 Å². The van der Waals surface area contributed by atoms with Crippen LogP contribution in [-0.2, 0) is 17.6 Å². The number of thiophene rings is 1. The van der Waals surface area contributed by atoms with E-state index in [-0.39, 0.29) is 0 Å². The molecule has 0 fully saturated rings. The zero-order valence-corrected chi connectivity index (χ0v) is 12.0. The number of carboxylic acid groups (broad SMARTS) is 1. The minimum Gasteiger partial charge on any atom is -0.480 e. The highest BCUT2D eigenvalue weighted by atomic mass is 32.1. The predicted molar refractivity (Wildman–Crippen MR) is 76.9 cm³/mol. The molecule has 5 nitrogen and oxygen atoms in total. The van der Waals surface area contributed by atoms with Gasteiger partial charge in [0.15, 0.2) is 0 Å². The van der Waals surface area contributed by atoms with Crippen LogP contribution in [0, 0.1) is 0 Å². The summed E-state index contributed by atoms with van der Waals surface area (Å²) in [7, 11) is 0. The van der Waals surface area contributed by atoms with Gasteiger partial charge in [-0.3, -0.25) is 4.79 Å². The normalized spacial score (nSPS) is 12.6. The molecule has 102 valence electrons. The summed E-state index contributed by atoms with van der Waals surface area (Å²) >= 11 is 1.64.